The topological polar surface area (TPSA) is 147 Å². The Labute approximate surface area is 233 Å². The van der Waals surface area contributed by atoms with E-state index in [1.807, 2.05) is 0 Å². The van der Waals surface area contributed by atoms with Crippen LogP contribution in [0, 0.1) is 17.8 Å². The fourth-order valence-electron chi connectivity index (χ4n) is 6.26. The molecule has 2 aliphatic heterocycles. The molecule has 3 fully saturated rings. The molecule has 0 spiro atoms. The Morgan fingerprint density at radius 3 is 2.46 bits per heavy atom. The molecule has 1 aromatic carbocycles. The number of amides is 6. The number of halogens is 4. The number of nitrogens with zero attached hydrogens (tertiary/aromatic N) is 2. The number of aromatic hydroxyl groups is 1. The summed E-state index contributed by atoms with van der Waals surface area (Å²) in [6.45, 7) is 0. The number of carbonyl (C=O) groups is 5. The van der Waals surface area contributed by atoms with Crippen molar-refractivity contribution >= 4 is 80.4 Å². The molecule has 5 rings (SSSR count). The van der Waals surface area contributed by atoms with Crippen molar-refractivity contribution in [1.29, 1.82) is 0 Å². The van der Waals surface area contributed by atoms with Crippen LogP contribution < -0.4 is 10.5 Å². The van der Waals surface area contributed by atoms with Crippen LogP contribution in [0.5, 0.6) is 11.5 Å². The zero-order chi connectivity index (χ0) is 27.2. The second-order valence-electron chi connectivity index (χ2n) is 9.39. The molecule has 0 unspecified atom stereocenters. The highest BCUT2D eigenvalue weighted by Crippen LogP contribution is 2.66. The molecular weight excluding hydrogens is 617 g/mol. The van der Waals surface area contributed by atoms with Crippen LogP contribution in [-0.4, -0.2) is 66.9 Å². The summed E-state index contributed by atoms with van der Waals surface area (Å²) in [6, 6.07) is 1.61. The van der Waals surface area contributed by atoms with Crippen molar-refractivity contribution in [2.45, 2.75) is 28.5 Å². The zero-order valence-corrected chi connectivity index (χ0v) is 22.9. The monoisotopic (exact) mass is 633 g/mol. The summed E-state index contributed by atoms with van der Waals surface area (Å²) in [7, 11) is 1.31. The van der Waals surface area contributed by atoms with Crippen LogP contribution in [0.15, 0.2) is 23.8 Å². The van der Waals surface area contributed by atoms with Crippen LogP contribution in [0.1, 0.15) is 24.3 Å². The summed E-state index contributed by atoms with van der Waals surface area (Å²) in [5.74, 6) is -7.29. The first-order chi connectivity index (χ1) is 17.3. The number of rotatable bonds is 3. The number of hydrogen-bond acceptors (Lipinski definition) is 7. The number of imide groups is 4. The Morgan fingerprint density at radius 2 is 1.86 bits per heavy atom. The Morgan fingerprint density at radius 1 is 1.19 bits per heavy atom. The fraction of sp³-hybridized carbons (Fsp3) is 0.435. The van der Waals surface area contributed by atoms with E-state index in [0.29, 0.717) is 16.0 Å². The summed E-state index contributed by atoms with van der Waals surface area (Å²) >= 11 is 23.6. The van der Waals surface area contributed by atoms with E-state index in [9.17, 15) is 29.1 Å². The smallest absolute Gasteiger partial charge is 0.328 e. The maximum atomic E-state index is 13.7. The van der Waals surface area contributed by atoms with Crippen LogP contribution >= 0.6 is 50.7 Å². The Bertz CT molecular complexity index is 1340. The van der Waals surface area contributed by atoms with Gasteiger partial charge in [-0.15, -0.1) is 23.2 Å². The van der Waals surface area contributed by atoms with Crippen molar-refractivity contribution in [3.63, 3.8) is 0 Å². The van der Waals surface area contributed by atoms with Gasteiger partial charge in [-0.05, 0) is 36.5 Å². The van der Waals surface area contributed by atoms with Crippen molar-refractivity contribution in [2.75, 3.05) is 12.6 Å². The maximum absolute atomic E-state index is 13.7. The molecule has 6 atom stereocenters. The molecule has 0 aromatic heterocycles. The minimum absolute atomic E-state index is 0.0134. The minimum Gasteiger partial charge on any atom is -0.503 e. The number of urea groups is 1. The molecule has 14 heteroatoms. The molecule has 2 saturated heterocycles. The molecule has 0 radical (unpaired) electrons. The fourth-order valence-corrected chi connectivity index (χ4v) is 7.90. The van der Waals surface area contributed by atoms with Crippen LogP contribution in [0.2, 0.25) is 5.02 Å². The molecule has 196 valence electrons. The Balaban J connectivity index is 1.76. The first-order valence-electron chi connectivity index (χ1n) is 11.1. The van der Waals surface area contributed by atoms with Gasteiger partial charge in [0.1, 0.15) is 0 Å². The van der Waals surface area contributed by atoms with Crippen LogP contribution in [0.4, 0.5) is 4.79 Å². The number of phenols is 1. The number of nitrogens with two attached hydrogens (primary N) is 1. The van der Waals surface area contributed by atoms with Crippen LogP contribution in [0.3, 0.4) is 0 Å². The van der Waals surface area contributed by atoms with Gasteiger partial charge in [-0.1, -0.05) is 39.2 Å². The summed E-state index contributed by atoms with van der Waals surface area (Å²) in [4.78, 5) is 62.5. The maximum Gasteiger partial charge on any atom is 0.328 e. The molecular formula is C23H19BrCl3N3O7. The van der Waals surface area contributed by atoms with E-state index in [-0.39, 0.29) is 34.8 Å². The standard InChI is InChI=1S/C23H19BrCl3N3O7/c1-37-13-5-8(4-12(25)16(13)31)15-9-2-3-10-14(18(33)30(17(10)32)21(28)36)11(9)6-22(26)19(34)29(7-24)20(35)23(15,22)27/h2,4-5,10-11,14-15,31H,3,6-7H2,1H3,(H2,28,36)/t10-,11+,14-,15-,22+,23-/m0/s1. The lowest BCUT2D eigenvalue weighted by Crippen LogP contribution is -2.60. The van der Waals surface area contributed by atoms with Gasteiger partial charge in [0.05, 0.1) is 29.4 Å². The third kappa shape index (κ3) is 3.20. The van der Waals surface area contributed by atoms with Crippen molar-refractivity contribution < 1.29 is 33.8 Å². The van der Waals surface area contributed by atoms with E-state index < -0.39 is 63.1 Å². The van der Waals surface area contributed by atoms with Crippen molar-refractivity contribution in [2.24, 2.45) is 23.5 Å². The van der Waals surface area contributed by atoms with Gasteiger partial charge in [0.25, 0.3) is 11.8 Å². The van der Waals surface area contributed by atoms with Crippen molar-refractivity contribution in [3.8, 4) is 11.5 Å². The zero-order valence-electron chi connectivity index (χ0n) is 19.0. The Kier molecular flexibility index (Phi) is 6.10. The number of alkyl halides is 3. The van der Waals surface area contributed by atoms with Gasteiger partial charge in [-0.3, -0.25) is 24.1 Å². The Hall–Kier alpha value is -2.34. The molecule has 2 heterocycles. The molecule has 37 heavy (non-hydrogen) atoms. The van der Waals surface area contributed by atoms with E-state index in [2.05, 4.69) is 15.9 Å². The second kappa shape index (κ2) is 8.59. The second-order valence-corrected chi connectivity index (χ2v) is 11.5. The number of hydrogen-bond donors (Lipinski definition) is 2. The first kappa shape index (κ1) is 26.3. The SMILES string of the molecule is COc1cc([C@H]2C3=CC[C@@H]4C(=O)N(C(N)=O)C(=O)[C@@H]4[C@@H]3C[C@@]3(Cl)C(=O)N(CBr)C(=O)[C@@]23Cl)cc(Cl)c1O. The summed E-state index contributed by atoms with van der Waals surface area (Å²) in [5, 5.41) is 10.2. The number of benzene rings is 1. The van der Waals surface area contributed by atoms with Gasteiger partial charge < -0.3 is 15.6 Å². The lowest BCUT2D eigenvalue weighted by Gasteiger charge is -2.50. The van der Waals surface area contributed by atoms with Gasteiger partial charge in [-0.2, -0.15) is 4.90 Å². The van der Waals surface area contributed by atoms with E-state index in [4.69, 9.17) is 45.3 Å². The molecule has 2 aliphatic carbocycles. The number of allylic oxidation sites excluding steroid dienone is 2. The summed E-state index contributed by atoms with van der Waals surface area (Å²) < 4.78 is 5.24. The average Bonchev–Trinajstić information content (AvgIpc) is 3.19. The van der Waals surface area contributed by atoms with Crippen molar-refractivity contribution in [3.05, 3.63) is 34.4 Å². The minimum atomic E-state index is -2.05. The van der Waals surface area contributed by atoms with Gasteiger partial charge in [0.2, 0.25) is 11.8 Å². The van der Waals surface area contributed by atoms with Gasteiger partial charge in [-0.25, -0.2) is 4.79 Å². The summed E-state index contributed by atoms with van der Waals surface area (Å²) in [5.41, 5.74) is 5.92. The quantitative estimate of drug-likeness (QED) is 0.225. The predicted octanol–water partition coefficient (Wildman–Crippen LogP) is 2.84. The lowest BCUT2D eigenvalue weighted by molar-refractivity contribution is -0.139. The number of fused-ring (bicyclic) bond motifs is 4. The summed E-state index contributed by atoms with van der Waals surface area (Å²) in [6.07, 6.45) is 1.51. The van der Waals surface area contributed by atoms with Crippen LogP contribution in [-0.2, 0) is 19.2 Å². The largest absolute Gasteiger partial charge is 0.503 e. The number of methoxy groups -OCH3 is 1. The van der Waals surface area contributed by atoms with E-state index in [1.54, 1.807) is 6.08 Å². The highest BCUT2D eigenvalue weighted by atomic mass is 79.9. The molecule has 1 saturated carbocycles. The molecule has 10 nitrogen and oxygen atoms in total. The van der Waals surface area contributed by atoms with E-state index >= 15 is 0 Å². The normalized spacial score (nSPS) is 34.8. The number of carbonyl (C=O) groups excluding carboxylic acids is 5. The van der Waals surface area contributed by atoms with Crippen LogP contribution in [0.25, 0.3) is 0 Å². The van der Waals surface area contributed by atoms with Gasteiger partial charge in [0, 0.05) is 5.92 Å². The highest BCUT2D eigenvalue weighted by molar-refractivity contribution is 9.09. The predicted molar refractivity (Wildman–Crippen MR) is 134 cm³/mol. The molecule has 6 amide bonds. The average molecular weight is 636 g/mol. The number of likely N-dealkylation sites (tertiary alicyclic amines) is 2. The van der Waals surface area contributed by atoms with E-state index in [0.717, 1.165) is 4.90 Å². The van der Waals surface area contributed by atoms with Crippen molar-refractivity contribution in [1.82, 2.24) is 9.80 Å². The van der Waals surface area contributed by atoms with Gasteiger partial charge in [0.15, 0.2) is 21.2 Å². The highest BCUT2D eigenvalue weighted by Gasteiger charge is 2.76. The number of phenolic OH excluding ortho intramolecular Hbond substituents is 1. The molecule has 0 bridgehead atoms. The number of ether oxygens (including phenoxy) is 1. The molecule has 4 aliphatic rings. The van der Waals surface area contributed by atoms with E-state index in [1.165, 1.54) is 19.2 Å². The first-order valence-corrected chi connectivity index (χ1v) is 13.3. The third-order valence-electron chi connectivity index (χ3n) is 7.84. The molecule has 1 aromatic rings. The third-order valence-corrected chi connectivity index (χ3v) is 10.0. The lowest BCUT2D eigenvalue weighted by atomic mass is 9.56. The molecule has 3 N–H and O–H groups in total. The number of primary amides is 1. The van der Waals surface area contributed by atoms with Gasteiger partial charge >= 0.3 is 6.03 Å².